The maximum absolute atomic E-state index is 5.48. The van der Waals surface area contributed by atoms with E-state index in [0.29, 0.717) is 18.0 Å². The summed E-state index contributed by atoms with van der Waals surface area (Å²) in [6.07, 6.45) is 7.92. The lowest BCUT2D eigenvalue weighted by molar-refractivity contribution is 0.172. The molecule has 0 aromatic carbocycles. The van der Waals surface area contributed by atoms with E-state index in [1.165, 1.54) is 57.4 Å². The Bertz CT molecular complexity index is 501. The van der Waals surface area contributed by atoms with Crippen molar-refractivity contribution in [1.82, 2.24) is 19.7 Å². The van der Waals surface area contributed by atoms with E-state index in [1.54, 1.807) is 0 Å². The van der Waals surface area contributed by atoms with Crippen molar-refractivity contribution in [3.05, 3.63) is 10.6 Å². The second kappa shape index (κ2) is 4.17. The van der Waals surface area contributed by atoms with Gasteiger partial charge >= 0.3 is 0 Å². The molecule has 1 aromatic heterocycles. The molecule has 2 atom stereocenters. The summed E-state index contributed by atoms with van der Waals surface area (Å²) in [5.74, 6) is 1.91. The molecule has 4 nitrogen and oxygen atoms in total. The van der Waals surface area contributed by atoms with Crippen LogP contribution in [0.3, 0.4) is 0 Å². The average molecular weight is 264 g/mol. The van der Waals surface area contributed by atoms with Gasteiger partial charge in [0, 0.05) is 18.5 Å². The van der Waals surface area contributed by atoms with Crippen molar-refractivity contribution >= 4 is 12.2 Å². The van der Waals surface area contributed by atoms with Gasteiger partial charge in [0.25, 0.3) is 0 Å². The van der Waals surface area contributed by atoms with Gasteiger partial charge in [-0.2, -0.15) is 5.10 Å². The first-order valence-corrected chi connectivity index (χ1v) is 7.66. The standard InChI is InChI=1S/C13H20N4S/c18-13-15-14-12(9-4-5-9)17(13)11-6-8-16-7-2-1-3-10(11)16/h9-11H,1-8H2,(H,15,18). The van der Waals surface area contributed by atoms with E-state index in [-0.39, 0.29) is 0 Å². The van der Waals surface area contributed by atoms with Gasteiger partial charge in [-0.05, 0) is 50.9 Å². The second-order valence-electron chi connectivity index (χ2n) is 5.99. The molecule has 3 heterocycles. The van der Waals surface area contributed by atoms with Crippen molar-refractivity contribution in [2.45, 2.75) is 56.5 Å². The lowest BCUT2D eigenvalue weighted by Gasteiger charge is -2.33. The predicted octanol–water partition coefficient (Wildman–Crippen LogP) is 2.62. The lowest BCUT2D eigenvalue weighted by Crippen LogP contribution is -2.38. The third-order valence-corrected chi connectivity index (χ3v) is 5.11. The zero-order valence-electron chi connectivity index (χ0n) is 10.6. The Morgan fingerprint density at radius 3 is 2.78 bits per heavy atom. The van der Waals surface area contributed by atoms with Crippen molar-refractivity contribution < 1.29 is 0 Å². The number of hydrogen-bond acceptors (Lipinski definition) is 3. The molecule has 2 aliphatic heterocycles. The number of rotatable bonds is 2. The summed E-state index contributed by atoms with van der Waals surface area (Å²) in [6.45, 7) is 2.53. The van der Waals surface area contributed by atoms with Crippen LogP contribution >= 0.6 is 12.2 Å². The quantitative estimate of drug-likeness (QED) is 0.834. The summed E-state index contributed by atoms with van der Waals surface area (Å²) in [5, 5.41) is 7.52. The minimum atomic E-state index is 0.576. The van der Waals surface area contributed by atoms with Crippen LogP contribution in [0.25, 0.3) is 0 Å². The molecule has 0 spiro atoms. The second-order valence-corrected chi connectivity index (χ2v) is 6.37. The Balaban J connectivity index is 1.70. The monoisotopic (exact) mass is 264 g/mol. The molecular weight excluding hydrogens is 244 g/mol. The SMILES string of the molecule is S=c1[nH]nc(C2CC2)n1C1CCN2CCCCC12. The van der Waals surface area contributed by atoms with E-state index in [2.05, 4.69) is 19.7 Å². The van der Waals surface area contributed by atoms with E-state index in [0.717, 1.165) is 4.77 Å². The number of aromatic amines is 1. The molecule has 18 heavy (non-hydrogen) atoms. The fourth-order valence-corrected chi connectivity index (χ4v) is 4.06. The summed E-state index contributed by atoms with van der Waals surface area (Å²) in [7, 11) is 0. The molecular formula is C13H20N4S. The normalized spacial score (nSPS) is 32.7. The first-order chi connectivity index (χ1) is 8.84. The highest BCUT2D eigenvalue weighted by atomic mass is 32.1. The number of aromatic nitrogens is 3. The van der Waals surface area contributed by atoms with Crippen LogP contribution in [0.5, 0.6) is 0 Å². The molecule has 3 aliphatic rings. The highest BCUT2D eigenvalue weighted by molar-refractivity contribution is 7.71. The van der Waals surface area contributed by atoms with Crippen molar-refractivity contribution in [2.24, 2.45) is 0 Å². The average Bonchev–Trinajstić information content (AvgIpc) is 3.04. The van der Waals surface area contributed by atoms with Crippen LogP contribution in [0.1, 0.15) is 56.3 Å². The maximum atomic E-state index is 5.48. The molecule has 2 saturated heterocycles. The zero-order chi connectivity index (χ0) is 12.1. The van der Waals surface area contributed by atoms with Gasteiger partial charge in [0.1, 0.15) is 5.82 Å². The van der Waals surface area contributed by atoms with Crippen molar-refractivity contribution in [1.29, 1.82) is 0 Å². The maximum Gasteiger partial charge on any atom is 0.195 e. The Morgan fingerprint density at radius 1 is 1.06 bits per heavy atom. The molecule has 3 fully saturated rings. The summed E-state index contributed by atoms with van der Waals surface area (Å²) >= 11 is 5.48. The Hall–Kier alpha value is -0.680. The van der Waals surface area contributed by atoms with E-state index < -0.39 is 0 Å². The van der Waals surface area contributed by atoms with E-state index in [1.807, 2.05) is 0 Å². The molecule has 4 rings (SSSR count). The number of nitrogens with zero attached hydrogens (tertiary/aromatic N) is 3. The molecule has 1 N–H and O–H groups in total. The van der Waals surface area contributed by atoms with Gasteiger partial charge in [-0.1, -0.05) is 6.42 Å². The molecule has 0 amide bonds. The summed E-state index contributed by atoms with van der Waals surface area (Å²) < 4.78 is 3.21. The fraction of sp³-hybridized carbons (Fsp3) is 0.846. The van der Waals surface area contributed by atoms with Crippen molar-refractivity contribution in [3.8, 4) is 0 Å². The molecule has 5 heteroatoms. The minimum Gasteiger partial charge on any atom is -0.299 e. The van der Waals surface area contributed by atoms with Crippen LogP contribution in [0, 0.1) is 4.77 Å². The van der Waals surface area contributed by atoms with E-state index in [9.17, 15) is 0 Å². The van der Waals surface area contributed by atoms with Crippen molar-refractivity contribution in [2.75, 3.05) is 13.1 Å². The van der Waals surface area contributed by atoms with Gasteiger partial charge in [0.05, 0.1) is 6.04 Å². The molecule has 0 bridgehead atoms. The van der Waals surface area contributed by atoms with Crippen LogP contribution < -0.4 is 0 Å². The van der Waals surface area contributed by atoms with Crippen LogP contribution in [-0.4, -0.2) is 38.8 Å². The van der Waals surface area contributed by atoms with Gasteiger partial charge in [-0.3, -0.25) is 14.6 Å². The first kappa shape index (κ1) is 11.2. The summed E-state index contributed by atoms with van der Waals surface area (Å²) in [6, 6.07) is 1.28. The fourth-order valence-electron chi connectivity index (χ4n) is 3.79. The highest BCUT2D eigenvalue weighted by Crippen LogP contribution is 2.42. The molecule has 2 unspecified atom stereocenters. The largest absolute Gasteiger partial charge is 0.299 e. The summed E-state index contributed by atoms with van der Waals surface area (Å²) in [5.41, 5.74) is 0. The first-order valence-electron chi connectivity index (χ1n) is 7.25. The van der Waals surface area contributed by atoms with E-state index >= 15 is 0 Å². The Kier molecular flexibility index (Phi) is 2.59. The van der Waals surface area contributed by atoms with Crippen LogP contribution in [0.2, 0.25) is 0 Å². The van der Waals surface area contributed by atoms with Crippen molar-refractivity contribution in [3.63, 3.8) is 0 Å². The molecule has 0 radical (unpaired) electrons. The van der Waals surface area contributed by atoms with Crippen LogP contribution in [-0.2, 0) is 0 Å². The van der Waals surface area contributed by atoms with Crippen LogP contribution in [0.4, 0.5) is 0 Å². The van der Waals surface area contributed by atoms with Gasteiger partial charge in [0.2, 0.25) is 0 Å². The number of nitrogens with one attached hydrogen (secondary N) is 1. The third-order valence-electron chi connectivity index (χ3n) is 4.83. The molecule has 98 valence electrons. The molecule has 1 aromatic rings. The third kappa shape index (κ3) is 1.67. The van der Waals surface area contributed by atoms with E-state index in [4.69, 9.17) is 12.2 Å². The topological polar surface area (TPSA) is 36.9 Å². The minimum absolute atomic E-state index is 0.576. The predicted molar refractivity (Wildman–Crippen MR) is 72.3 cm³/mol. The summed E-state index contributed by atoms with van der Waals surface area (Å²) in [4.78, 5) is 2.67. The number of piperidine rings is 1. The van der Waals surface area contributed by atoms with Gasteiger partial charge in [-0.15, -0.1) is 0 Å². The lowest BCUT2D eigenvalue weighted by atomic mass is 9.99. The number of fused-ring (bicyclic) bond motifs is 1. The molecule has 1 saturated carbocycles. The smallest absolute Gasteiger partial charge is 0.195 e. The Labute approximate surface area is 112 Å². The number of H-pyrrole nitrogens is 1. The highest BCUT2D eigenvalue weighted by Gasteiger charge is 2.40. The molecule has 1 aliphatic carbocycles. The Morgan fingerprint density at radius 2 is 1.94 bits per heavy atom. The van der Waals surface area contributed by atoms with Gasteiger partial charge in [0.15, 0.2) is 4.77 Å². The number of hydrogen-bond donors (Lipinski definition) is 1. The van der Waals surface area contributed by atoms with Gasteiger partial charge in [-0.25, -0.2) is 0 Å². The zero-order valence-corrected chi connectivity index (χ0v) is 11.5. The van der Waals surface area contributed by atoms with Gasteiger partial charge < -0.3 is 0 Å². The van der Waals surface area contributed by atoms with Crippen LogP contribution in [0.15, 0.2) is 0 Å².